The van der Waals surface area contributed by atoms with Crippen LogP contribution in [-0.2, 0) is 9.53 Å². The van der Waals surface area contributed by atoms with Gasteiger partial charge in [-0.3, -0.25) is 4.79 Å². The molecule has 0 bridgehead atoms. The first-order valence-electron chi connectivity index (χ1n) is 5.04. The van der Waals surface area contributed by atoms with Gasteiger partial charge in [-0.15, -0.1) is 0 Å². The van der Waals surface area contributed by atoms with Crippen molar-refractivity contribution in [3.05, 3.63) is 28.5 Å². The topological polar surface area (TPSA) is 64.3 Å². The van der Waals surface area contributed by atoms with Gasteiger partial charge in [0.1, 0.15) is 5.82 Å². The van der Waals surface area contributed by atoms with Crippen molar-refractivity contribution in [2.75, 3.05) is 19.0 Å². The minimum absolute atomic E-state index is 0.135. The normalized spacial score (nSPS) is 12.2. The molecule has 0 saturated heterocycles. The Labute approximate surface area is 107 Å². The van der Waals surface area contributed by atoms with Gasteiger partial charge in [0.25, 0.3) is 0 Å². The smallest absolute Gasteiger partial charge is 0.227 e. The zero-order valence-corrected chi connectivity index (χ0v) is 11.0. The zero-order valence-electron chi connectivity index (χ0n) is 9.37. The molecule has 17 heavy (non-hydrogen) atoms. The van der Waals surface area contributed by atoms with Gasteiger partial charge >= 0.3 is 0 Å². The van der Waals surface area contributed by atoms with Gasteiger partial charge in [-0.25, -0.2) is 4.39 Å². The average molecular weight is 305 g/mol. The van der Waals surface area contributed by atoms with E-state index in [4.69, 9.17) is 10.5 Å². The summed E-state index contributed by atoms with van der Waals surface area (Å²) < 4.78 is 18.6. The molecular weight excluding hydrogens is 291 g/mol. The molecule has 0 radical (unpaired) electrons. The molecule has 0 heterocycles. The minimum Gasteiger partial charge on any atom is -0.380 e. The molecule has 0 aliphatic carbocycles. The van der Waals surface area contributed by atoms with Crippen molar-refractivity contribution in [1.29, 1.82) is 0 Å². The standard InChI is InChI=1S/C11H14BrFN2O2/c1-17-8(6-14)5-11(16)15-10-4-7(13)2-3-9(10)12/h2-4,8H,5-6,14H2,1H3,(H,15,16). The maximum absolute atomic E-state index is 13.0. The van der Waals surface area contributed by atoms with E-state index in [9.17, 15) is 9.18 Å². The molecule has 1 aromatic carbocycles. The highest BCUT2D eigenvalue weighted by molar-refractivity contribution is 9.10. The number of anilines is 1. The van der Waals surface area contributed by atoms with Gasteiger partial charge in [0.05, 0.1) is 18.2 Å². The summed E-state index contributed by atoms with van der Waals surface area (Å²) in [6.45, 7) is 0.258. The van der Waals surface area contributed by atoms with Gasteiger partial charge in [-0.05, 0) is 34.1 Å². The quantitative estimate of drug-likeness (QED) is 0.873. The van der Waals surface area contributed by atoms with Gasteiger partial charge < -0.3 is 15.8 Å². The Kier molecular flexibility index (Phi) is 5.54. The van der Waals surface area contributed by atoms with Crippen molar-refractivity contribution in [2.45, 2.75) is 12.5 Å². The van der Waals surface area contributed by atoms with Crippen LogP contribution in [0.4, 0.5) is 10.1 Å². The minimum atomic E-state index is -0.411. The second-order valence-electron chi connectivity index (χ2n) is 3.47. The highest BCUT2D eigenvalue weighted by Gasteiger charge is 2.12. The van der Waals surface area contributed by atoms with Crippen LogP contribution in [0.5, 0.6) is 0 Å². The molecule has 3 N–H and O–H groups in total. The summed E-state index contributed by atoms with van der Waals surface area (Å²) in [5, 5.41) is 2.59. The van der Waals surface area contributed by atoms with E-state index in [-0.39, 0.29) is 25.0 Å². The summed E-state index contributed by atoms with van der Waals surface area (Å²) in [7, 11) is 1.49. The lowest BCUT2D eigenvalue weighted by molar-refractivity contribution is -0.118. The number of nitrogens with two attached hydrogens (primary N) is 1. The van der Waals surface area contributed by atoms with E-state index < -0.39 is 5.82 Å². The van der Waals surface area contributed by atoms with Crippen LogP contribution in [0.3, 0.4) is 0 Å². The predicted molar refractivity (Wildman–Crippen MR) is 67.2 cm³/mol. The number of hydrogen-bond acceptors (Lipinski definition) is 3. The van der Waals surface area contributed by atoms with E-state index >= 15 is 0 Å². The summed E-state index contributed by atoms with van der Waals surface area (Å²) in [5.74, 6) is -0.681. The SMILES string of the molecule is COC(CN)CC(=O)Nc1cc(F)ccc1Br. The molecular formula is C11H14BrFN2O2. The molecule has 1 aromatic rings. The van der Waals surface area contributed by atoms with Crippen molar-refractivity contribution in [2.24, 2.45) is 5.73 Å². The Morgan fingerprint density at radius 2 is 2.35 bits per heavy atom. The molecule has 4 nitrogen and oxygen atoms in total. The number of amides is 1. The lowest BCUT2D eigenvalue weighted by Gasteiger charge is -2.13. The fraction of sp³-hybridized carbons (Fsp3) is 0.364. The summed E-state index contributed by atoms with van der Waals surface area (Å²) >= 11 is 3.22. The van der Waals surface area contributed by atoms with Crippen LogP contribution in [-0.4, -0.2) is 25.7 Å². The molecule has 1 atom stereocenters. The predicted octanol–water partition coefficient (Wildman–Crippen LogP) is 1.89. The number of halogens is 2. The maximum Gasteiger partial charge on any atom is 0.227 e. The van der Waals surface area contributed by atoms with Gasteiger partial charge in [0.15, 0.2) is 0 Å². The Balaban J connectivity index is 2.64. The Hall–Kier alpha value is -0.980. The largest absolute Gasteiger partial charge is 0.380 e. The summed E-state index contributed by atoms with van der Waals surface area (Å²) in [6, 6.07) is 4.07. The lowest BCUT2D eigenvalue weighted by Crippen LogP contribution is -2.28. The number of benzene rings is 1. The molecule has 94 valence electrons. The van der Waals surface area contributed by atoms with Crippen molar-refractivity contribution in [3.8, 4) is 0 Å². The van der Waals surface area contributed by atoms with E-state index in [1.807, 2.05) is 0 Å². The molecule has 1 unspecified atom stereocenters. The second kappa shape index (κ2) is 6.68. The van der Waals surface area contributed by atoms with Crippen molar-refractivity contribution in [1.82, 2.24) is 0 Å². The molecule has 0 fully saturated rings. The number of rotatable bonds is 5. The Morgan fingerprint density at radius 3 is 2.94 bits per heavy atom. The highest BCUT2D eigenvalue weighted by atomic mass is 79.9. The number of carbonyl (C=O) groups is 1. The number of carbonyl (C=O) groups excluding carboxylic acids is 1. The van der Waals surface area contributed by atoms with Crippen molar-refractivity contribution < 1.29 is 13.9 Å². The van der Waals surface area contributed by atoms with E-state index in [0.29, 0.717) is 10.2 Å². The first-order chi connectivity index (χ1) is 8.06. The Bertz CT molecular complexity index is 397. The van der Waals surface area contributed by atoms with Crippen LogP contribution >= 0.6 is 15.9 Å². The van der Waals surface area contributed by atoms with Crippen LogP contribution in [0, 0.1) is 5.82 Å². The second-order valence-corrected chi connectivity index (χ2v) is 4.32. The first kappa shape index (κ1) is 14.1. The highest BCUT2D eigenvalue weighted by Crippen LogP contribution is 2.23. The van der Waals surface area contributed by atoms with E-state index in [2.05, 4.69) is 21.2 Å². The third kappa shape index (κ3) is 4.41. The van der Waals surface area contributed by atoms with E-state index in [1.54, 1.807) is 0 Å². The van der Waals surface area contributed by atoms with Crippen molar-refractivity contribution >= 4 is 27.5 Å². The molecule has 1 amide bonds. The van der Waals surface area contributed by atoms with Crippen LogP contribution in [0.1, 0.15) is 6.42 Å². The summed E-state index contributed by atoms with van der Waals surface area (Å²) in [6.07, 6.45) is -0.196. The molecule has 0 spiro atoms. The Morgan fingerprint density at radius 1 is 1.65 bits per heavy atom. The van der Waals surface area contributed by atoms with Gasteiger partial charge in [-0.2, -0.15) is 0 Å². The molecule has 1 rings (SSSR count). The van der Waals surface area contributed by atoms with Crippen molar-refractivity contribution in [3.63, 3.8) is 0 Å². The number of hydrogen-bond donors (Lipinski definition) is 2. The first-order valence-corrected chi connectivity index (χ1v) is 5.84. The number of ether oxygens (including phenoxy) is 1. The van der Waals surface area contributed by atoms with Crippen LogP contribution in [0.25, 0.3) is 0 Å². The summed E-state index contributed by atoms with van der Waals surface area (Å²) in [5.41, 5.74) is 5.80. The number of methoxy groups -OCH3 is 1. The van der Waals surface area contributed by atoms with E-state index in [0.717, 1.165) is 0 Å². The van der Waals surface area contributed by atoms with Crippen LogP contribution < -0.4 is 11.1 Å². The molecule has 0 saturated carbocycles. The van der Waals surface area contributed by atoms with Gasteiger partial charge in [0.2, 0.25) is 5.91 Å². The summed E-state index contributed by atoms with van der Waals surface area (Å²) in [4.78, 5) is 11.6. The third-order valence-corrected chi connectivity index (χ3v) is 2.90. The zero-order chi connectivity index (χ0) is 12.8. The molecule has 0 aliphatic heterocycles. The van der Waals surface area contributed by atoms with Gasteiger partial charge in [0, 0.05) is 18.1 Å². The monoisotopic (exact) mass is 304 g/mol. The molecule has 0 aliphatic rings. The molecule has 6 heteroatoms. The van der Waals surface area contributed by atoms with E-state index in [1.165, 1.54) is 25.3 Å². The maximum atomic E-state index is 13.0. The fourth-order valence-corrected chi connectivity index (χ4v) is 1.61. The van der Waals surface area contributed by atoms with Gasteiger partial charge in [-0.1, -0.05) is 0 Å². The average Bonchev–Trinajstić information content (AvgIpc) is 2.31. The lowest BCUT2D eigenvalue weighted by atomic mass is 10.2. The van der Waals surface area contributed by atoms with Crippen LogP contribution in [0.2, 0.25) is 0 Å². The third-order valence-electron chi connectivity index (χ3n) is 2.21. The molecule has 0 aromatic heterocycles. The number of nitrogens with one attached hydrogen (secondary N) is 1. The fourth-order valence-electron chi connectivity index (χ4n) is 1.26. The van der Waals surface area contributed by atoms with Crippen LogP contribution in [0.15, 0.2) is 22.7 Å².